The molecule has 0 aliphatic rings. The van der Waals surface area contributed by atoms with Gasteiger partial charge in [0, 0.05) is 13.0 Å². The summed E-state index contributed by atoms with van der Waals surface area (Å²) in [5.74, 6) is 0.550. The van der Waals surface area contributed by atoms with Crippen LogP contribution in [-0.4, -0.2) is 13.0 Å². The van der Waals surface area contributed by atoms with E-state index >= 15 is 0 Å². The maximum atomic E-state index is 13.2. The van der Waals surface area contributed by atoms with Gasteiger partial charge in [0.15, 0.2) is 0 Å². The summed E-state index contributed by atoms with van der Waals surface area (Å²) < 4.78 is 23.7. The molecule has 1 unspecified atom stereocenters. The molecular weight excluding hydrogens is 333 g/mol. The Kier molecular flexibility index (Phi) is 5.69. The Balaban J connectivity index is 1.72. The molecule has 134 valence electrons. The highest BCUT2D eigenvalue weighted by molar-refractivity contribution is 5.83. The van der Waals surface area contributed by atoms with Crippen LogP contribution < -0.4 is 10.1 Å². The first kappa shape index (κ1) is 17.7. The monoisotopic (exact) mass is 353 g/mol. The van der Waals surface area contributed by atoms with Crippen molar-refractivity contribution in [3.8, 4) is 5.75 Å². The quantitative estimate of drug-likeness (QED) is 0.697. The Labute approximate surface area is 151 Å². The first-order chi connectivity index (χ1) is 12.7. The fraction of sp³-hybridized carbons (Fsp3) is 0.190. The summed E-state index contributed by atoms with van der Waals surface area (Å²) in [7, 11) is 1.61. The van der Waals surface area contributed by atoms with Crippen LogP contribution >= 0.6 is 0 Å². The number of hydrogen-bond donors (Lipinski definition) is 1. The minimum Gasteiger partial charge on any atom is -0.497 e. The molecule has 0 saturated heterocycles. The molecule has 0 radical (unpaired) electrons. The van der Waals surface area contributed by atoms with Crippen molar-refractivity contribution >= 4 is 5.91 Å². The lowest BCUT2D eigenvalue weighted by molar-refractivity contribution is -0.122. The highest BCUT2D eigenvalue weighted by Crippen LogP contribution is 2.22. The van der Waals surface area contributed by atoms with Crippen LogP contribution in [0.1, 0.15) is 22.8 Å². The number of methoxy groups -OCH3 is 1. The van der Waals surface area contributed by atoms with E-state index in [0.717, 1.165) is 16.9 Å². The lowest BCUT2D eigenvalue weighted by Crippen LogP contribution is -2.30. The number of amides is 1. The Morgan fingerprint density at radius 2 is 1.85 bits per heavy atom. The summed E-state index contributed by atoms with van der Waals surface area (Å²) in [4.78, 5) is 12.8. The predicted octanol–water partition coefficient (Wildman–Crippen LogP) is 4.07. The van der Waals surface area contributed by atoms with Crippen molar-refractivity contribution in [3.63, 3.8) is 0 Å². The van der Waals surface area contributed by atoms with Gasteiger partial charge in [-0.05, 0) is 47.5 Å². The van der Waals surface area contributed by atoms with E-state index in [9.17, 15) is 9.18 Å². The topological polar surface area (TPSA) is 51.5 Å². The van der Waals surface area contributed by atoms with Crippen LogP contribution in [0.15, 0.2) is 71.3 Å². The van der Waals surface area contributed by atoms with Crippen LogP contribution in [0.4, 0.5) is 4.39 Å². The third kappa shape index (κ3) is 4.51. The summed E-state index contributed by atoms with van der Waals surface area (Å²) in [6, 6.07) is 17.1. The van der Waals surface area contributed by atoms with Gasteiger partial charge in [-0.25, -0.2) is 4.39 Å². The molecule has 26 heavy (non-hydrogen) atoms. The van der Waals surface area contributed by atoms with Crippen LogP contribution in [0.2, 0.25) is 0 Å². The molecule has 0 saturated carbocycles. The van der Waals surface area contributed by atoms with E-state index in [1.807, 2.05) is 30.3 Å². The Morgan fingerprint density at radius 1 is 1.12 bits per heavy atom. The zero-order chi connectivity index (χ0) is 18.4. The van der Waals surface area contributed by atoms with Gasteiger partial charge >= 0.3 is 0 Å². The average Bonchev–Trinajstić information content (AvgIpc) is 3.19. The standard InChI is InChI=1S/C21H20FNO3/c1-25-18-10-4-15(5-11-18)14-23-21(24)20(13-19-3-2-12-26-19)16-6-8-17(22)9-7-16/h2-12,20H,13-14H2,1H3,(H,23,24). The summed E-state index contributed by atoms with van der Waals surface area (Å²) in [6.45, 7) is 0.401. The van der Waals surface area contributed by atoms with Crippen molar-refractivity contribution < 1.29 is 18.3 Å². The number of hydrogen-bond acceptors (Lipinski definition) is 3. The molecule has 0 spiro atoms. The normalized spacial score (nSPS) is 11.8. The van der Waals surface area contributed by atoms with E-state index in [1.165, 1.54) is 12.1 Å². The SMILES string of the molecule is COc1ccc(CNC(=O)C(Cc2ccco2)c2ccc(F)cc2)cc1. The van der Waals surface area contributed by atoms with Gasteiger partial charge in [0.1, 0.15) is 17.3 Å². The average molecular weight is 353 g/mol. The van der Waals surface area contributed by atoms with Crippen molar-refractivity contribution in [3.05, 3.63) is 89.6 Å². The van der Waals surface area contributed by atoms with Crippen molar-refractivity contribution in [1.82, 2.24) is 5.32 Å². The molecule has 5 heteroatoms. The number of furan rings is 1. The van der Waals surface area contributed by atoms with Gasteiger partial charge in [-0.3, -0.25) is 4.79 Å². The van der Waals surface area contributed by atoms with Crippen molar-refractivity contribution in [2.24, 2.45) is 0 Å². The molecule has 1 N–H and O–H groups in total. The largest absolute Gasteiger partial charge is 0.497 e. The zero-order valence-corrected chi connectivity index (χ0v) is 14.4. The number of nitrogens with one attached hydrogen (secondary N) is 1. The number of halogens is 1. The van der Waals surface area contributed by atoms with Crippen LogP contribution in [0.25, 0.3) is 0 Å². The molecule has 4 nitrogen and oxygen atoms in total. The Hall–Kier alpha value is -3.08. The molecule has 2 aromatic carbocycles. The highest BCUT2D eigenvalue weighted by atomic mass is 19.1. The molecule has 0 aliphatic carbocycles. The minimum absolute atomic E-state index is 0.135. The third-order valence-electron chi connectivity index (χ3n) is 4.20. The van der Waals surface area contributed by atoms with Gasteiger partial charge < -0.3 is 14.5 Å². The van der Waals surface area contributed by atoms with Crippen LogP contribution in [-0.2, 0) is 17.8 Å². The lowest BCUT2D eigenvalue weighted by Gasteiger charge is -2.16. The summed E-state index contributed by atoms with van der Waals surface area (Å²) in [5, 5.41) is 2.95. The molecule has 1 aromatic heterocycles. The fourth-order valence-corrected chi connectivity index (χ4v) is 2.74. The van der Waals surface area contributed by atoms with Crippen molar-refractivity contribution in [2.75, 3.05) is 7.11 Å². The molecule has 1 atom stereocenters. The molecule has 0 bridgehead atoms. The number of carbonyl (C=O) groups excluding carboxylic acids is 1. The lowest BCUT2D eigenvalue weighted by atomic mass is 9.93. The summed E-state index contributed by atoms with van der Waals surface area (Å²) in [5.41, 5.74) is 1.71. The molecular formula is C21H20FNO3. The van der Waals surface area contributed by atoms with Gasteiger partial charge in [-0.15, -0.1) is 0 Å². The Bertz CT molecular complexity index is 827. The maximum absolute atomic E-state index is 13.2. The third-order valence-corrected chi connectivity index (χ3v) is 4.20. The zero-order valence-electron chi connectivity index (χ0n) is 14.4. The molecule has 3 rings (SSSR count). The molecule has 3 aromatic rings. The smallest absolute Gasteiger partial charge is 0.228 e. The van der Waals surface area contributed by atoms with Crippen LogP contribution in [0, 0.1) is 5.82 Å². The molecule has 0 fully saturated rings. The van der Waals surface area contributed by atoms with E-state index in [1.54, 1.807) is 31.6 Å². The fourth-order valence-electron chi connectivity index (χ4n) is 2.74. The van der Waals surface area contributed by atoms with Crippen LogP contribution in [0.5, 0.6) is 5.75 Å². The van der Waals surface area contributed by atoms with E-state index in [2.05, 4.69) is 5.32 Å². The van der Waals surface area contributed by atoms with E-state index in [-0.39, 0.29) is 11.7 Å². The van der Waals surface area contributed by atoms with Crippen molar-refractivity contribution in [1.29, 1.82) is 0 Å². The van der Waals surface area contributed by atoms with Gasteiger partial charge in [0.2, 0.25) is 5.91 Å². The van der Waals surface area contributed by atoms with Gasteiger partial charge in [0.05, 0.1) is 19.3 Å². The molecule has 0 aliphatic heterocycles. The van der Waals surface area contributed by atoms with Gasteiger partial charge in [-0.1, -0.05) is 24.3 Å². The van der Waals surface area contributed by atoms with E-state index in [0.29, 0.717) is 18.7 Å². The first-order valence-corrected chi connectivity index (χ1v) is 8.34. The van der Waals surface area contributed by atoms with E-state index < -0.39 is 5.92 Å². The summed E-state index contributed by atoms with van der Waals surface area (Å²) >= 11 is 0. The second-order valence-corrected chi connectivity index (χ2v) is 5.95. The van der Waals surface area contributed by atoms with Crippen molar-refractivity contribution in [2.45, 2.75) is 18.9 Å². The predicted molar refractivity (Wildman–Crippen MR) is 96.4 cm³/mol. The number of ether oxygens (including phenoxy) is 1. The van der Waals surface area contributed by atoms with Gasteiger partial charge in [0.25, 0.3) is 0 Å². The number of benzene rings is 2. The molecule has 1 heterocycles. The molecule has 1 amide bonds. The first-order valence-electron chi connectivity index (χ1n) is 8.34. The summed E-state index contributed by atoms with van der Waals surface area (Å²) in [6.07, 6.45) is 1.99. The van der Waals surface area contributed by atoms with Gasteiger partial charge in [-0.2, -0.15) is 0 Å². The second kappa shape index (κ2) is 8.34. The maximum Gasteiger partial charge on any atom is 0.228 e. The van der Waals surface area contributed by atoms with E-state index in [4.69, 9.17) is 9.15 Å². The Morgan fingerprint density at radius 3 is 2.46 bits per heavy atom. The highest BCUT2D eigenvalue weighted by Gasteiger charge is 2.22. The number of rotatable bonds is 7. The van der Waals surface area contributed by atoms with Crippen LogP contribution in [0.3, 0.4) is 0 Å². The minimum atomic E-state index is -0.458. The second-order valence-electron chi connectivity index (χ2n) is 5.95. The number of carbonyl (C=O) groups is 1.